The van der Waals surface area contributed by atoms with Crippen molar-refractivity contribution in [3.63, 3.8) is 0 Å². The third kappa shape index (κ3) is 3.53. The summed E-state index contributed by atoms with van der Waals surface area (Å²) >= 11 is 0. The molecule has 20 heavy (non-hydrogen) atoms. The summed E-state index contributed by atoms with van der Waals surface area (Å²) in [6.07, 6.45) is 8.66. The van der Waals surface area contributed by atoms with Crippen molar-refractivity contribution in [1.82, 2.24) is 9.78 Å². The Bertz CT molecular complexity index is 549. The zero-order valence-electron chi connectivity index (χ0n) is 12.2. The number of aryl methyl sites for hydroxylation is 1. The van der Waals surface area contributed by atoms with Crippen LogP contribution < -0.4 is 4.74 Å². The van der Waals surface area contributed by atoms with Gasteiger partial charge in [0.1, 0.15) is 11.5 Å². The Balaban J connectivity index is 2.04. The van der Waals surface area contributed by atoms with Gasteiger partial charge in [-0.25, -0.2) is 0 Å². The first-order chi connectivity index (χ1) is 9.74. The lowest BCUT2D eigenvalue weighted by molar-refractivity contribution is 0.408. The highest BCUT2D eigenvalue weighted by molar-refractivity contribution is 5.69. The topological polar surface area (TPSA) is 47.3 Å². The number of phenolic OH excluding ortho intramolecular Hbond substituents is 1. The van der Waals surface area contributed by atoms with Crippen molar-refractivity contribution < 1.29 is 9.84 Å². The van der Waals surface area contributed by atoms with Crippen LogP contribution in [-0.2, 0) is 6.54 Å². The van der Waals surface area contributed by atoms with Gasteiger partial charge in [-0.15, -0.1) is 0 Å². The number of phenols is 1. The van der Waals surface area contributed by atoms with Crippen LogP contribution in [0.15, 0.2) is 30.6 Å². The van der Waals surface area contributed by atoms with E-state index in [1.807, 2.05) is 23.0 Å². The van der Waals surface area contributed by atoms with E-state index in [1.54, 1.807) is 19.4 Å². The van der Waals surface area contributed by atoms with Crippen molar-refractivity contribution in [1.29, 1.82) is 0 Å². The molecular formula is C16H22N2O2. The number of ether oxygens (including phenoxy) is 1. The molecule has 1 aromatic heterocycles. The van der Waals surface area contributed by atoms with Crippen molar-refractivity contribution >= 4 is 0 Å². The van der Waals surface area contributed by atoms with Gasteiger partial charge in [-0.1, -0.05) is 26.2 Å². The summed E-state index contributed by atoms with van der Waals surface area (Å²) in [4.78, 5) is 0. The van der Waals surface area contributed by atoms with Crippen LogP contribution in [0.2, 0.25) is 0 Å². The van der Waals surface area contributed by atoms with E-state index >= 15 is 0 Å². The Hall–Kier alpha value is -1.97. The van der Waals surface area contributed by atoms with Crippen molar-refractivity contribution in [3.8, 4) is 22.6 Å². The molecule has 2 aromatic rings. The van der Waals surface area contributed by atoms with Crippen LogP contribution in [-0.4, -0.2) is 22.0 Å². The van der Waals surface area contributed by atoms with Gasteiger partial charge in [0.05, 0.1) is 13.3 Å². The zero-order chi connectivity index (χ0) is 14.4. The predicted octanol–water partition coefficient (Wildman–Crippen LogP) is 3.84. The first-order valence-corrected chi connectivity index (χ1v) is 7.14. The molecular weight excluding hydrogens is 252 g/mol. The summed E-state index contributed by atoms with van der Waals surface area (Å²) in [5.41, 5.74) is 1.71. The molecule has 0 radical (unpaired) electrons. The minimum atomic E-state index is 0.217. The molecule has 0 fully saturated rings. The van der Waals surface area contributed by atoms with Crippen LogP contribution in [0.4, 0.5) is 0 Å². The fourth-order valence-corrected chi connectivity index (χ4v) is 2.21. The molecule has 4 nitrogen and oxygen atoms in total. The highest BCUT2D eigenvalue weighted by Gasteiger charge is 2.08. The number of unbranched alkanes of at least 4 members (excludes halogenated alkanes) is 3. The maximum absolute atomic E-state index is 10.0. The number of benzene rings is 1. The second-order valence-corrected chi connectivity index (χ2v) is 4.94. The van der Waals surface area contributed by atoms with Crippen LogP contribution in [0.5, 0.6) is 11.5 Å². The van der Waals surface area contributed by atoms with E-state index < -0.39 is 0 Å². The number of hydrogen-bond donors (Lipinski definition) is 1. The second kappa shape index (κ2) is 6.98. The average Bonchev–Trinajstić information content (AvgIpc) is 2.92. The summed E-state index contributed by atoms with van der Waals surface area (Å²) in [5, 5.41) is 14.4. The fourth-order valence-electron chi connectivity index (χ4n) is 2.21. The monoisotopic (exact) mass is 274 g/mol. The second-order valence-electron chi connectivity index (χ2n) is 4.94. The van der Waals surface area contributed by atoms with Crippen LogP contribution in [0.25, 0.3) is 11.1 Å². The quantitative estimate of drug-likeness (QED) is 0.780. The number of methoxy groups -OCH3 is 1. The number of nitrogens with zero attached hydrogens (tertiary/aromatic N) is 2. The van der Waals surface area contributed by atoms with E-state index in [0.717, 1.165) is 24.1 Å². The summed E-state index contributed by atoms with van der Waals surface area (Å²) in [6, 6.07) is 5.31. The molecule has 1 N–H and O–H groups in total. The van der Waals surface area contributed by atoms with Gasteiger partial charge in [-0.05, 0) is 18.6 Å². The Kier molecular flexibility index (Phi) is 5.04. The highest BCUT2D eigenvalue weighted by atomic mass is 16.5. The molecule has 2 rings (SSSR count). The minimum absolute atomic E-state index is 0.217. The lowest BCUT2D eigenvalue weighted by Gasteiger charge is -2.05. The molecule has 108 valence electrons. The minimum Gasteiger partial charge on any atom is -0.507 e. The molecule has 0 atom stereocenters. The highest BCUT2D eigenvalue weighted by Crippen LogP contribution is 2.31. The largest absolute Gasteiger partial charge is 0.507 e. The van der Waals surface area contributed by atoms with Crippen molar-refractivity contribution in [2.45, 2.75) is 39.2 Å². The molecule has 0 aliphatic carbocycles. The molecule has 0 aliphatic heterocycles. The molecule has 0 amide bonds. The van der Waals surface area contributed by atoms with Crippen molar-refractivity contribution in [2.24, 2.45) is 0 Å². The normalized spacial score (nSPS) is 10.7. The molecule has 0 aliphatic rings. The number of aromatic hydroxyl groups is 1. The molecule has 0 saturated carbocycles. The SMILES string of the molecule is CCCCCCn1cc(-c2ccc(OC)cc2O)cn1. The van der Waals surface area contributed by atoms with E-state index in [0.29, 0.717) is 5.75 Å². The third-order valence-electron chi connectivity index (χ3n) is 3.39. The first kappa shape index (κ1) is 14.4. The van der Waals surface area contributed by atoms with Gasteiger partial charge >= 0.3 is 0 Å². The van der Waals surface area contributed by atoms with Gasteiger partial charge < -0.3 is 9.84 Å². The molecule has 1 aromatic carbocycles. The smallest absolute Gasteiger partial charge is 0.127 e. The Labute approximate surface area is 120 Å². The van der Waals surface area contributed by atoms with Crippen molar-refractivity contribution in [2.75, 3.05) is 7.11 Å². The lowest BCUT2D eigenvalue weighted by Crippen LogP contribution is -1.97. The van der Waals surface area contributed by atoms with Gasteiger partial charge in [-0.2, -0.15) is 5.10 Å². The Morgan fingerprint density at radius 3 is 2.80 bits per heavy atom. The zero-order valence-corrected chi connectivity index (χ0v) is 12.2. The summed E-state index contributed by atoms with van der Waals surface area (Å²) in [7, 11) is 1.59. The van der Waals surface area contributed by atoms with Gasteiger partial charge in [0.15, 0.2) is 0 Å². The van der Waals surface area contributed by atoms with Crippen LogP contribution >= 0.6 is 0 Å². The van der Waals surface area contributed by atoms with E-state index in [1.165, 1.54) is 19.3 Å². The molecule has 1 heterocycles. The number of hydrogen-bond acceptors (Lipinski definition) is 3. The van der Waals surface area contributed by atoms with Gasteiger partial charge in [-0.3, -0.25) is 4.68 Å². The maximum Gasteiger partial charge on any atom is 0.127 e. The summed E-state index contributed by atoms with van der Waals surface area (Å²) in [5.74, 6) is 0.869. The van der Waals surface area contributed by atoms with Gasteiger partial charge in [0.2, 0.25) is 0 Å². The third-order valence-corrected chi connectivity index (χ3v) is 3.39. The number of rotatable bonds is 7. The Morgan fingerprint density at radius 2 is 2.10 bits per heavy atom. The van der Waals surface area contributed by atoms with Crippen LogP contribution in [0, 0.1) is 0 Å². The summed E-state index contributed by atoms with van der Waals surface area (Å²) < 4.78 is 7.03. The summed E-state index contributed by atoms with van der Waals surface area (Å²) in [6.45, 7) is 3.13. The maximum atomic E-state index is 10.0. The molecule has 0 unspecified atom stereocenters. The van der Waals surface area contributed by atoms with Gasteiger partial charge in [0.25, 0.3) is 0 Å². The van der Waals surface area contributed by atoms with Crippen molar-refractivity contribution in [3.05, 3.63) is 30.6 Å². The fraction of sp³-hybridized carbons (Fsp3) is 0.438. The molecule has 0 spiro atoms. The Morgan fingerprint density at radius 1 is 1.25 bits per heavy atom. The standard InChI is InChI=1S/C16H22N2O2/c1-3-4-5-6-9-18-12-13(11-17-18)15-8-7-14(20-2)10-16(15)19/h7-8,10-12,19H,3-6,9H2,1-2H3. The predicted molar refractivity (Wildman–Crippen MR) is 80.0 cm³/mol. The van der Waals surface area contributed by atoms with E-state index in [4.69, 9.17) is 4.74 Å². The van der Waals surface area contributed by atoms with Crippen LogP contribution in [0.1, 0.15) is 32.6 Å². The van der Waals surface area contributed by atoms with E-state index in [9.17, 15) is 5.11 Å². The van der Waals surface area contributed by atoms with Gasteiger partial charge in [0, 0.05) is 29.9 Å². The molecule has 0 bridgehead atoms. The van der Waals surface area contributed by atoms with Crippen LogP contribution in [0.3, 0.4) is 0 Å². The molecule has 4 heteroatoms. The molecule has 0 saturated heterocycles. The lowest BCUT2D eigenvalue weighted by atomic mass is 10.1. The first-order valence-electron chi connectivity index (χ1n) is 7.14. The van der Waals surface area contributed by atoms with E-state index in [2.05, 4.69) is 12.0 Å². The average molecular weight is 274 g/mol. The van der Waals surface area contributed by atoms with E-state index in [-0.39, 0.29) is 5.75 Å². The number of aromatic nitrogens is 2.